The second-order valence-electron chi connectivity index (χ2n) is 5.49. The largest absolute Gasteiger partial charge is 0.265 e. The smallest absolute Gasteiger partial charge is 0.0308 e. The molecule has 1 heterocycles. The molecule has 19 heavy (non-hydrogen) atoms. The molecule has 1 aliphatic rings. The summed E-state index contributed by atoms with van der Waals surface area (Å²) in [4.78, 5) is 4.58. The molecule has 2 unspecified atom stereocenters. The lowest BCUT2D eigenvalue weighted by molar-refractivity contribution is 0.574. The Morgan fingerprint density at radius 1 is 1.05 bits per heavy atom. The fraction of sp³-hybridized carbons (Fsp3) is 0.353. The molecule has 2 aromatic rings. The van der Waals surface area contributed by atoms with E-state index in [0.717, 1.165) is 0 Å². The van der Waals surface area contributed by atoms with Gasteiger partial charge in [0.1, 0.15) is 0 Å². The molecule has 1 aromatic carbocycles. The Balaban J connectivity index is 1.86. The fourth-order valence-corrected chi connectivity index (χ4v) is 3.97. The van der Waals surface area contributed by atoms with Crippen LogP contribution in [0.4, 0.5) is 0 Å². The van der Waals surface area contributed by atoms with Gasteiger partial charge in [-0.2, -0.15) is 0 Å². The van der Waals surface area contributed by atoms with Crippen LogP contribution in [0.5, 0.6) is 0 Å². The topological polar surface area (TPSA) is 12.9 Å². The first-order chi connectivity index (χ1) is 9.24. The zero-order valence-electron chi connectivity index (χ0n) is 11.1. The predicted octanol–water partition coefficient (Wildman–Crippen LogP) is 4.68. The van der Waals surface area contributed by atoms with Crippen molar-refractivity contribution in [1.82, 2.24) is 4.98 Å². The van der Waals surface area contributed by atoms with Crippen LogP contribution in [0.15, 0.2) is 54.9 Å². The van der Waals surface area contributed by atoms with E-state index < -0.39 is 0 Å². The molecular weight excluding hydrogens is 298 g/mol. The minimum absolute atomic E-state index is 0.323. The van der Waals surface area contributed by atoms with Gasteiger partial charge in [0.05, 0.1) is 0 Å². The predicted molar refractivity (Wildman–Crippen MR) is 82.7 cm³/mol. The highest BCUT2D eigenvalue weighted by Crippen LogP contribution is 2.56. The molecule has 2 atom stereocenters. The van der Waals surface area contributed by atoms with Gasteiger partial charge in [0.2, 0.25) is 0 Å². The highest BCUT2D eigenvalue weighted by atomic mass is 79.9. The molecular formula is C17H18BrN. The number of benzene rings is 1. The van der Waals surface area contributed by atoms with Crippen molar-refractivity contribution in [3.63, 3.8) is 0 Å². The van der Waals surface area contributed by atoms with Crippen molar-refractivity contribution in [3.05, 3.63) is 66.0 Å². The second kappa shape index (κ2) is 5.09. The molecule has 98 valence electrons. The van der Waals surface area contributed by atoms with Crippen molar-refractivity contribution in [1.29, 1.82) is 0 Å². The van der Waals surface area contributed by atoms with Crippen molar-refractivity contribution >= 4 is 15.9 Å². The third-order valence-corrected chi connectivity index (χ3v) is 6.01. The van der Waals surface area contributed by atoms with Crippen LogP contribution in [0.25, 0.3) is 0 Å². The lowest BCUT2D eigenvalue weighted by Crippen LogP contribution is -2.25. The number of nitrogens with zero attached hydrogens (tertiary/aromatic N) is 1. The molecule has 0 radical (unpaired) electrons. The SMILES string of the molecule is CC(c1ccncc1)C(Br)C1(c2ccccc2)CC1. The maximum Gasteiger partial charge on any atom is 0.0308 e. The van der Waals surface area contributed by atoms with E-state index in [2.05, 4.69) is 70.3 Å². The van der Waals surface area contributed by atoms with Gasteiger partial charge in [-0.05, 0) is 42.0 Å². The second-order valence-corrected chi connectivity index (χ2v) is 6.48. The zero-order chi connectivity index (χ0) is 13.3. The molecule has 1 aliphatic carbocycles. The molecule has 0 aliphatic heterocycles. The van der Waals surface area contributed by atoms with E-state index in [9.17, 15) is 0 Å². The van der Waals surface area contributed by atoms with Crippen LogP contribution >= 0.6 is 15.9 Å². The van der Waals surface area contributed by atoms with Gasteiger partial charge < -0.3 is 0 Å². The Labute approximate surface area is 123 Å². The highest BCUT2D eigenvalue weighted by molar-refractivity contribution is 9.09. The molecule has 3 rings (SSSR count). The van der Waals surface area contributed by atoms with E-state index in [-0.39, 0.29) is 0 Å². The normalized spacial score (nSPS) is 19.7. The van der Waals surface area contributed by atoms with Crippen molar-refractivity contribution in [3.8, 4) is 0 Å². The van der Waals surface area contributed by atoms with E-state index in [1.807, 2.05) is 12.4 Å². The number of alkyl halides is 1. The molecule has 1 aromatic heterocycles. The molecule has 0 bridgehead atoms. The van der Waals surface area contributed by atoms with Gasteiger partial charge in [-0.3, -0.25) is 4.98 Å². The minimum atomic E-state index is 0.323. The van der Waals surface area contributed by atoms with E-state index in [1.54, 1.807) is 0 Å². The van der Waals surface area contributed by atoms with Crippen LogP contribution in [0, 0.1) is 0 Å². The molecule has 0 spiro atoms. The van der Waals surface area contributed by atoms with Crippen LogP contribution < -0.4 is 0 Å². The lowest BCUT2D eigenvalue weighted by Gasteiger charge is -2.28. The Hall–Kier alpha value is -1.15. The van der Waals surface area contributed by atoms with Gasteiger partial charge in [-0.15, -0.1) is 0 Å². The van der Waals surface area contributed by atoms with Crippen LogP contribution in [-0.2, 0) is 5.41 Å². The Bertz CT molecular complexity index is 534. The maximum atomic E-state index is 4.11. The van der Waals surface area contributed by atoms with Gasteiger partial charge in [0, 0.05) is 22.6 Å². The quantitative estimate of drug-likeness (QED) is 0.746. The van der Waals surface area contributed by atoms with Gasteiger partial charge in [-0.25, -0.2) is 0 Å². The first-order valence-corrected chi connectivity index (χ1v) is 7.75. The van der Waals surface area contributed by atoms with Crippen molar-refractivity contribution in [2.45, 2.75) is 35.9 Å². The molecule has 1 saturated carbocycles. The molecule has 0 amide bonds. The first-order valence-electron chi connectivity index (χ1n) is 6.83. The molecule has 0 saturated heterocycles. The van der Waals surface area contributed by atoms with E-state index in [0.29, 0.717) is 16.2 Å². The van der Waals surface area contributed by atoms with Crippen LogP contribution in [0.1, 0.15) is 36.8 Å². The van der Waals surface area contributed by atoms with E-state index in [4.69, 9.17) is 0 Å². The molecule has 1 nitrogen and oxygen atoms in total. The summed E-state index contributed by atoms with van der Waals surface area (Å²) >= 11 is 3.98. The summed E-state index contributed by atoms with van der Waals surface area (Å²) in [5.41, 5.74) is 3.15. The van der Waals surface area contributed by atoms with Crippen LogP contribution in [0.3, 0.4) is 0 Å². The first kappa shape index (κ1) is 12.9. The van der Waals surface area contributed by atoms with E-state index >= 15 is 0 Å². The lowest BCUT2D eigenvalue weighted by atomic mass is 9.83. The van der Waals surface area contributed by atoms with Crippen LogP contribution in [-0.4, -0.2) is 9.81 Å². The average molecular weight is 316 g/mol. The monoisotopic (exact) mass is 315 g/mol. The molecule has 2 heteroatoms. The van der Waals surface area contributed by atoms with Gasteiger partial charge in [0.25, 0.3) is 0 Å². The summed E-state index contributed by atoms with van der Waals surface area (Å²) < 4.78 is 0. The number of pyridine rings is 1. The highest BCUT2D eigenvalue weighted by Gasteiger charge is 2.51. The van der Waals surface area contributed by atoms with E-state index in [1.165, 1.54) is 24.0 Å². The average Bonchev–Trinajstić information content (AvgIpc) is 3.29. The number of hydrogen-bond acceptors (Lipinski definition) is 1. The number of rotatable bonds is 4. The fourth-order valence-electron chi connectivity index (χ4n) is 2.94. The van der Waals surface area contributed by atoms with Crippen molar-refractivity contribution in [2.24, 2.45) is 0 Å². The molecule has 1 fully saturated rings. The van der Waals surface area contributed by atoms with Crippen molar-refractivity contribution in [2.75, 3.05) is 0 Å². The zero-order valence-corrected chi connectivity index (χ0v) is 12.7. The number of aromatic nitrogens is 1. The summed E-state index contributed by atoms with van der Waals surface area (Å²) in [5, 5.41) is 0. The maximum absolute atomic E-state index is 4.11. The Kier molecular flexibility index (Phi) is 3.44. The van der Waals surface area contributed by atoms with Crippen LogP contribution in [0.2, 0.25) is 0 Å². The number of hydrogen-bond donors (Lipinski definition) is 0. The summed E-state index contributed by atoms with van der Waals surface area (Å²) in [5.74, 6) is 0.491. The third-order valence-electron chi connectivity index (χ3n) is 4.34. The summed E-state index contributed by atoms with van der Waals surface area (Å²) in [6.45, 7) is 2.30. The third kappa shape index (κ3) is 2.34. The van der Waals surface area contributed by atoms with Gasteiger partial charge in [-0.1, -0.05) is 53.2 Å². The number of halogens is 1. The minimum Gasteiger partial charge on any atom is -0.265 e. The Morgan fingerprint density at radius 2 is 1.68 bits per heavy atom. The standard InChI is InChI=1S/C17H18BrN/c1-13(14-7-11-19-12-8-14)16(18)17(9-10-17)15-5-3-2-4-6-15/h2-8,11-13,16H,9-10H2,1H3. The summed E-state index contributed by atoms with van der Waals surface area (Å²) in [6.07, 6.45) is 6.33. The van der Waals surface area contributed by atoms with Crippen molar-refractivity contribution < 1.29 is 0 Å². The van der Waals surface area contributed by atoms with Gasteiger partial charge >= 0.3 is 0 Å². The molecule has 0 N–H and O–H groups in total. The Morgan fingerprint density at radius 3 is 2.26 bits per heavy atom. The summed E-state index contributed by atoms with van der Waals surface area (Å²) in [7, 11) is 0. The van der Waals surface area contributed by atoms with Gasteiger partial charge in [0.15, 0.2) is 0 Å². The summed E-state index contributed by atoms with van der Waals surface area (Å²) in [6, 6.07) is 15.2.